The van der Waals surface area contributed by atoms with Crippen molar-refractivity contribution in [3.63, 3.8) is 0 Å². The number of anilines is 1. The van der Waals surface area contributed by atoms with Crippen LogP contribution < -0.4 is 5.73 Å². The number of nitrogen functional groups attached to an aromatic ring is 1. The van der Waals surface area contributed by atoms with Gasteiger partial charge >= 0.3 is 0 Å². The van der Waals surface area contributed by atoms with Crippen LogP contribution in [0.3, 0.4) is 0 Å². The Morgan fingerprint density at radius 2 is 1.57 bits per heavy atom. The molecule has 194 valence electrons. The van der Waals surface area contributed by atoms with E-state index in [1.807, 2.05) is 44.5 Å². The molecule has 0 amide bonds. The number of carbonyl (C=O) groups is 3. The first-order valence-electron chi connectivity index (χ1n) is 10.9. The molecule has 3 rings (SSSR count). The molecule has 3 heterocycles. The minimum Gasteiger partial charge on any atom is -0.397 e. The van der Waals surface area contributed by atoms with E-state index in [1.165, 1.54) is 6.92 Å². The van der Waals surface area contributed by atoms with Crippen molar-refractivity contribution in [2.75, 3.05) is 18.2 Å². The van der Waals surface area contributed by atoms with E-state index in [1.54, 1.807) is 20.0 Å². The minimum atomic E-state index is -0.209. The first-order chi connectivity index (χ1) is 16.3. The zero-order valence-electron chi connectivity index (χ0n) is 21.4. The Kier molecular flexibility index (Phi) is 14.9. The summed E-state index contributed by atoms with van der Waals surface area (Å²) in [5.41, 5.74) is 10.6. The molecule has 3 aromatic heterocycles. The number of nitrogens with zero attached hydrogens (tertiary/aromatic N) is 5. The number of hydrogen-bond donors (Lipinski definition) is 2. The van der Waals surface area contributed by atoms with E-state index in [4.69, 9.17) is 22.4 Å². The summed E-state index contributed by atoms with van der Waals surface area (Å²) in [5, 5.41) is 7.57. The summed E-state index contributed by atoms with van der Waals surface area (Å²) in [4.78, 5) is 48.1. The number of aliphatic hydroxyl groups excluding tert-OH is 1. The van der Waals surface area contributed by atoms with E-state index in [2.05, 4.69) is 19.9 Å². The van der Waals surface area contributed by atoms with E-state index < -0.39 is 0 Å². The van der Waals surface area contributed by atoms with Gasteiger partial charge in [-0.2, -0.15) is 0 Å². The number of alkyl halides is 1. The van der Waals surface area contributed by atoms with Crippen LogP contribution in [0.5, 0.6) is 0 Å². The van der Waals surface area contributed by atoms with Crippen molar-refractivity contribution in [2.24, 2.45) is 0 Å². The maximum absolute atomic E-state index is 11.0. The molecular weight excluding hydrogens is 472 g/mol. The number of fused-ring (bicyclic) bond motifs is 1. The van der Waals surface area contributed by atoms with Gasteiger partial charge in [-0.25, -0.2) is 9.97 Å². The van der Waals surface area contributed by atoms with E-state index in [-0.39, 0.29) is 37.7 Å². The number of aromatic nitrogens is 5. The maximum atomic E-state index is 11.0. The van der Waals surface area contributed by atoms with Crippen molar-refractivity contribution in [1.29, 1.82) is 0 Å². The molecule has 3 aromatic rings. The molecule has 0 atom stereocenters. The average Bonchev–Trinajstić information content (AvgIpc) is 3.14. The SMILES string of the molecule is CC(=O)CC(=O)CCl.CC(=O)Cc1cn2cc(C)nc(C)c2n1.CCO.Cc1cnc(N)c(C)n1.[2HH]. The number of ketones is 3. The molecule has 10 nitrogen and oxygen atoms in total. The number of imidazole rings is 1. The molecule has 35 heavy (non-hydrogen) atoms. The second kappa shape index (κ2) is 16.4. The average molecular weight is 510 g/mol. The summed E-state index contributed by atoms with van der Waals surface area (Å²) in [5.74, 6) is 0.246. The molecule has 0 unspecified atom stereocenters. The molecule has 0 saturated heterocycles. The Labute approximate surface area is 212 Å². The van der Waals surface area contributed by atoms with Crippen molar-refractivity contribution in [3.05, 3.63) is 47.1 Å². The molecule has 0 aliphatic carbocycles. The van der Waals surface area contributed by atoms with Gasteiger partial charge in [0.05, 0.1) is 47.0 Å². The Bertz CT molecular complexity index is 1140. The third-order valence-corrected chi connectivity index (χ3v) is 4.20. The number of hydrogen-bond acceptors (Lipinski definition) is 9. The van der Waals surface area contributed by atoms with Gasteiger partial charge in [0.1, 0.15) is 17.4 Å². The summed E-state index contributed by atoms with van der Waals surface area (Å²) in [6.07, 6.45) is 5.82. The lowest BCUT2D eigenvalue weighted by molar-refractivity contribution is -0.124. The van der Waals surface area contributed by atoms with Crippen LogP contribution in [-0.2, 0) is 20.8 Å². The lowest BCUT2D eigenvalue weighted by atomic mass is 10.2. The van der Waals surface area contributed by atoms with Crippen LogP contribution in [0, 0.1) is 27.7 Å². The van der Waals surface area contributed by atoms with Gasteiger partial charge in [-0.05, 0) is 48.5 Å². The standard InChI is InChI=1S/C11H13N3O.C6H9N3.C5H7ClO2.C2H6O.H2/c1-7-5-14-6-10(4-8(2)15)13-11(14)9(3)12-7;1-4-3-8-6(7)5(2)9-4;1-4(7)2-5(8)3-6;1-2-3;/h5-6H,4H2,1-3H3;3H,1-2H3,(H2,7,8);2-3H2,1H3;3H,2H2,1H3;1H/i;;;;1+1. The molecule has 3 N–H and O–H groups in total. The summed E-state index contributed by atoms with van der Waals surface area (Å²) in [6.45, 7) is 12.5. The van der Waals surface area contributed by atoms with Crippen molar-refractivity contribution in [3.8, 4) is 0 Å². The highest BCUT2D eigenvalue weighted by atomic mass is 35.5. The predicted octanol–water partition coefficient (Wildman–Crippen LogP) is 3.17. The number of rotatable bonds is 5. The van der Waals surface area contributed by atoms with Gasteiger partial charge in [-0.1, -0.05) is 0 Å². The summed E-state index contributed by atoms with van der Waals surface area (Å²) in [6, 6.07) is 0. The number of aliphatic hydroxyl groups is 1. The van der Waals surface area contributed by atoms with Crippen LogP contribution in [0.2, 0.25) is 0 Å². The maximum Gasteiger partial charge on any atom is 0.158 e. The van der Waals surface area contributed by atoms with Crippen LogP contribution in [0.25, 0.3) is 5.65 Å². The van der Waals surface area contributed by atoms with E-state index in [0.717, 1.165) is 34.1 Å². The lowest BCUT2D eigenvalue weighted by Gasteiger charge is -1.98. The summed E-state index contributed by atoms with van der Waals surface area (Å²) < 4.78 is 1.93. The van der Waals surface area contributed by atoms with Crippen LogP contribution in [0.4, 0.5) is 5.82 Å². The highest BCUT2D eigenvalue weighted by Gasteiger charge is 2.07. The fourth-order valence-corrected chi connectivity index (χ4v) is 2.72. The van der Waals surface area contributed by atoms with Crippen molar-refractivity contribution < 1.29 is 20.9 Å². The molecular formula is C24H37ClN6O4. The predicted molar refractivity (Wildman–Crippen MR) is 139 cm³/mol. The minimum absolute atomic E-state index is 0. The van der Waals surface area contributed by atoms with Crippen LogP contribution in [-0.4, -0.2) is 59.3 Å². The van der Waals surface area contributed by atoms with Crippen molar-refractivity contribution in [2.45, 2.75) is 61.3 Å². The second-order valence-corrected chi connectivity index (χ2v) is 7.93. The van der Waals surface area contributed by atoms with Crippen molar-refractivity contribution in [1.82, 2.24) is 24.3 Å². The van der Waals surface area contributed by atoms with Gasteiger partial charge < -0.3 is 15.2 Å². The number of aryl methyl sites for hydroxylation is 4. The van der Waals surface area contributed by atoms with Crippen molar-refractivity contribution >= 4 is 40.4 Å². The molecule has 0 saturated carbocycles. The molecule has 0 fully saturated rings. The zero-order valence-corrected chi connectivity index (χ0v) is 22.2. The van der Waals surface area contributed by atoms with E-state index >= 15 is 0 Å². The quantitative estimate of drug-likeness (QED) is 0.389. The summed E-state index contributed by atoms with van der Waals surface area (Å²) in [7, 11) is 0. The Hall–Kier alpha value is -3.24. The molecule has 0 radical (unpaired) electrons. The van der Waals surface area contributed by atoms with E-state index in [9.17, 15) is 14.4 Å². The third-order valence-electron chi connectivity index (χ3n) is 3.91. The first kappa shape index (κ1) is 31.8. The Morgan fingerprint density at radius 1 is 1.00 bits per heavy atom. The van der Waals surface area contributed by atoms with Gasteiger partial charge in [0.25, 0.3) is 0 Å². The third kappa shape index (κ3) is 13.3. The number of Topliss-reactive ketones (excluding diaryl/α,β-unsaturated/α-hetero) is 3. The van der Waals surface area contributed by atoms with Crippen LogP contribution in [0.15, 0.2) is 18.6 Å². The fraction of sp³-hybridized carbons (Fsp3) is 0.458. The van der Waals surface area contributed by atoms with Gasteiger partial charge in [0.2, 0.25) is 0 Å². The second-order valence-electron chi connectivity index (χ2n) is 7.66. The number of halogens is 1. The largest absolute Gasteiger partial charge is 0.397 e. The zero-order chi connectivity index (χ0) is 27.1. The van der Waals surface area contributed by atoms with Crippen LogP contribution >= 0.6 is 11.6 Å². The molecule has 0 aliphatic heterocycles. The Morgan fingerprint density at radius 3 is 2.00 bits per heavy atom. The normalized spacial score (nSPS) is 9.63. The molecule has 0 aromatic carbocycles. The molecule has 11 heteroatoms. The van der Waals surface area contributed by atoms with Gasteiger partial charge in [-0.3, -0.25) is 24.4 Å². The van der Waals surface area contributed by atoms with Crippen LogP contribution in [0.1, 0.15) is 57.1 Å². The number of carbonyl (C=O) groups excluding carboxylic acids is 3. The Balaban J connectivity index is 0. The first-order valence-corrected chi connectivity index (χ1v) is 11.4. The summed E-state index contributed by atoms with van der Waals surface area (Å²) >= 11 is 5.09. The molecule has 0 aliphatic rings. The van der Waals surface area contributed by atoms with Gasteiger partial charge in [0.15, 0.2) is 11.4 Å². The monoisotopic (exact) mass is 509 g/mol. The lowest BCUT2D eigenvalue weighted by Crippen LogP contribution is -2.04. The van der Waals surface area contributed by atoms with Gasteiger partial charge in [-0.15, -0.1) is 11.6 Å². The topological polar surface area (TPSA) is 153 Å². The number of nitrogens with two attached hydrogens (primary N) is 1. The van der Waals surface area contributed by atoms with Gasteiger partial charge in [0, 0.05) is 26.8 Å². The molecule has 0 spiro atoms. The van der Waals surface area contributed by atoms with E-state index in [0.29, 0.717) is 12.2 Å². The molecule has 0 bridgehead atoms. The fourth-order valence-electron chi connectivity index (χ4n) is 2.63. The highest BCUT2D eigenvalue weighted by Crippen LogP contribution is 2.10. The smallest absolute Gasteiger partial charge is 0.158 e. The highest BCUT2D eigenvalue weighted by molar-refractivity contribution is 6.29.